The summed E-state index contributed by atoms with van der Waals surface area (Å²) in [6.45, 7) is -0.0469. The largest absolute Gasteiger partial charge is 0.416 e. The van der Waals surface area contributed by atoms with Crippen LogP contribution in [0.3, 0.4) is 0 Å². The van der Waals surface area contributed by atoms with Crippen molar-refractivity contribution in [3.63, 3.8) is 0 Å². The lowest BCUT2D eigenvalue weighted by molar-refractivity contribution is -0.385. The molecule has 0 unspecified atom stereocenters. The molecule has 0 radical (unpaired) electrons. The number of hydrogen-bond donors (Lipinski definition) is 0. The van der Waals surface area contributed by atoms with Crippen molar-refractivity contribution in [2.45, 2.75) is 6.18 Å². The van der Waals surface area contributed by atoms with Gasteiger partial charge in [0.25, 0.3) is 5.69 Å². The third kappa shape index (κ3) is 4.00. The van der Waals surface area contributed by atoms with Crippen LogP contribution in [0.25, 0.3) is 16.5 Å². The first kappa shape index (κ1) is 14.5. The maximum atomic E-state index is 12.4. The minimum atomic E-state index is -4.64. The first-order chi connectivity index (χ1) is 8.86. The summed E-state index contributed by atoms with van der Waals surface area (Å²) in [7, 11) is 0. The van der Waals surface area contributed by atoms with Crippen molar-refractivity contribution >= 4 is 11.8 Å². The van der Waals surface area contributed by atoms with Gasteiger partial charge in [0.1, 0.15) is 0 Å². The predicted molar refractivity (Wildman–Crippen MR) is 61.1 cm³/mol. The molecule has 0 fully saturated rings. The van der Waals surface area contributed by atoms with Gasteiger partial charge in [0.05, 0.1) is 16.1 Å². The molecule has 1 aromatic carbocycles. The molecule has 0 heterocycles. The average molecular weight is 272 g/mol. The van der Waals surface area contributed by atoms with Gasteiger partial charge < -0.3 is 0 Å². The molecule has 0 saturated carbocycles. The van der Waals surface area contributed by atoms with E-state index in [0.29, 0.717) is 6.07 Å². The Labute approximate surface area is 104 Å². The van der Waals surface area contributed by atoms with Gasteiger partial charge in [-0.2, -0.15) is 13.2 Å². The maximum Gasteiger partial charge on any atom is 0.416 e. The summed E-state index contributed by atoms with van der Waals surface area (Å²) in [5.74, 6) is 0. The maximum absolute atomic E-state index is 12.4. The number of nitro groups is 1. The summed E-state index contributed by atoms with van der Waals surface area (Å²) in [6, 6.07) is 2.21. The van der Waals surface area contributed by atoms with Crippen LogP contribution in [0.2, 0.25) is 0 Å². The third-order valence-corrected chi connectivity index (χ3v) is 2.10. The molecule has 0 aliphatic rings. The Bertz CT molecular complexity index is 562. The Balaban J connectivity index is 3.15. The molecule has 19 heavy (non-hydrogen) atoms. The van der Waals surface area contributed by atoms with Gasteiger partial charge in [0.15, 0.2) is 0 Å². The molecule has 6 nitrogen and oxygen atoms in total. The van der Waals surface area contributed by atoms with Gasteiger partial charge in [-0.15, -0.1) is 0 Å². The molecule has 0 aliphatic heterocycles. The van der Waals surface area contributed by atoms with Crippen molar-refractivity contribution in [2.75, 3.05) is 6.54 Å². The Morgan fingerprint density at radius 2 is 2.16 bits per heavy atom. The highest BCUT2D eigenvalue weighted by molar-refractivity contribution is 5.62. The molecule has 1 aromatic rings. The smallest absolute Gasteiger partial charge is 0.258 e. The molecule has 0 bridgehead atoms. The first-order valence-electron chi connectivity index (χ1n) is 4.89. The van der Waals surface area contributed by atoms with E-state index in [4.69, 9.17) is 5.53 Å². The highest BCUT2D eigenvalue weighted by Gasteiger charge is 2.32. The molecule has 100 valence electrons. The Morgan fingerprint density at radius 1 is 1.47 bits per heavy atom. The number of nitro benzene ring substituents is 1. The van der Waals surface area contributed by atoms with E-state index >= 15 is 0 Å². The number of hydrogen-bond acceptors (Lipinski definition) is 3. The van der Waals surface area contributed by atoms with Crippen LogP contribution in [0, 0.1) is 10.1 Å². The number of azide groups is 1. The van der Waals surface area contributed by atoms with Gasteiger partial charge in [-0.1, -0.05) is 17.3 Å². The predicted octanol–water partition coefficient (Wildman–Crippen LogP) is 3.94. The van der Waals surface area contributed by atoms with E-state index in [1.165, 1.54) is 12.2 Å². The molecule has 0 spiro atoms. The fourth-order valence-electron chi connectivity index (χ4n) is 1.28. The minimum absolute atomic E-state index is 0.00568. The summed E-state index contributed by atoms with van der Waals surface area (Å²) in [4.78, 5) is 12.3. The van der Waals surface area contributed by atoms with Gasteiger partial charge >= 0.3 is 6.18 Å². The molecule has 0 N–H and O–H groups in total. The topological polar surface area (TPSA) is 91.9 Å². The highest BCUT2D eigenvalue weighted by Crippen LogP contribution is 2.33. The summed E-state index contributed by atoms with van der Waals surface area (Å²) in [5.41, 5.74) is 6.28. The van der Waals surface area contributed by atoms with E-state index in [-0.39, 0.29) is 12.1 Å². The fourth-order valence-corrected chi connectivity index (χ4v) is 1.28. The third-order valence-electron chi connectivity index (χ3n) is 2.10. The van der Waals surface area contributed by atoms with Crippen molar-refractivity contribution in [1.82, 2.24) is 0 Å². The molecule has 0 aromatic heterocycles. The van der Waals surface area contributed by atoms with Crippen LogP contribution in [-0.2, 0) is 6.18 Å². The quantitative estimate of drug-likeness (QED) is 0.273. The molecule has 0 amide bonds. The lowest BCUT2D eigenvalue weighted by atomic mass is 10.1. The lowest BCUT2D eigenvalue weighted by Gasteiger charge is -2.07. The van der Waals surface area contributed by atoms with E-state index < -0.39 is 22.4 Å². The SMILES string of the molecule is [N-]=[N+]=NCC=Cc1ccc(C(F)(F)F)cc1[N+](=O)[O-]. The van der Waals surface area contributed by atoms with Gasteiger partial charge in [-0.05, 0) is 17.7 Å². The highest BCUT2D eigenvalue weighted by atomic mass is 19.4. The van der Waals surface area contributed by atoms with Crippen molar-refractivity contribution in [3.05, 3.63) is 56.0 Å². The standard InChI is InChI=1S/C10H7F3N4O2/c11-10(12,13)8-4-3-7(2-1-5-15-16-14)9(6-8)17(18)19/h1-4,6H,5H2. The Morgan fingerprint density at radius 3 is 2.68 bits per heavy atom. The number of nitrogens with zero attached hydrogens (tertiary/aromatic N) is 4. The summed E-state index contributed by atoms with van der Waals surface area (Å²) in [6.07, 6.45) is -2.10. The molecule has 1 rings (SSSR count). The normalized spacial score (nSPS) is 11.3. The van der Waals surface area contributed by atoms with Crippen LogP contribution < -0.4 is 0 Å². The number of rotatable bonds is 4. The molecule has 0 saturated heterocycles. The second-order valence-corrected chi connectivity index (χ2v) is 3.34. The Hall–Kier alpha value is -2.54. The number of benzene rings is 1. The van der Waals surface area contributed by atoms with Crippen molar-refractivity contribution in [2.24, 2.45) is 5.11 Å². The number of alkyl halides is 3. The van der Waals surface area contributed by atoms with E-state index in [0.717, 1.165) is 12.1 Å². The zero-order valence-corrected chi connectivity index (χ0v) is 9.33. The zero-order valence-electron chi connectivity index (χ0n) is 9.33. The van der Waals surface area contributed by atoms with E-state index in [1.807, 2.05) is 0 Å². The second kappa shape index (κ2) is 5.87. The van der Waals surface area contributed by atoms with Crippen LogP contribution in [0.4, 0.5) is 18.9 Å². The molecular formula is C10H7F3N4O2. The van der Waals surface area contributed by atoms with Crippen molar-refractivity contribution < 1.29 is 18.1 Å². The Kier molecular flexibility index (Phi) is 4.49. The lowest BCUT2D eigenvalue weighted by Crippen LogP contribution is -2.06. The van der Waals surface area contributed by atoms with Gasteiger partial charge in [-0.25, -0.2) is 0 Å². The van der Waals surface area contributed by atoms with Gasteiger partial charge in [-0.3, -0.25) is 10.1 Å². The summed E-state index contributed by atoms with van der Waals surface area (Å²) < 4.78 is 37.3. The van der Waals surface area contributed by atoms with Crippen molar-refractivity contribution in [1.29, 1.82) is 0 Å². The zero-order chi connectivity index (χ0) is 14.5. The molecular weight excluding hydrogens is 265 g/mol. The fraction of sp³-hybridized carbons (Fsp3) is 0.200. The molecule has 0 atom stereocenters. The van der Waals surface area contributed by atoms with Crippen LogP contribution in [0.5, 0.6) is 0 Å². The number of halogens is 3. The van der Waals surface area contributed by atoms with Crippen LogP contribution >= 0.6 is 0 Å². The van der Waals surface area contributed by atoms with Crippen LogP contribution in [-0.4, -0.2) is 11.5 Å². The second-order valence-electron chi connectivity index (χ2n) is 3.34. The molecule has 9 heteroatoms. The molecule has 0 aliphatic carbocycles. The van der Waals surface area contributed by atoms with E-state index in [2.05, 4.69) is 10.0 Å². The first-order valence-corrected chi connectivity index (χ1v) is 4.89. The van der Waals surface area contributed by atoms with Gasteiger partial charge in [0.2, 0.25) is 0 Å². The van der Waals surface area contributed by atoms with Crippen LogP contribution in [0.1, 0.15) is 11.1 Å². The summed E-state index contributed by atoms with van der Waals surface area (Å²) >= 11 is 0. The van der Waals surface area contributed by atoms with Crippen molar-refractivity contribution in [3.8, 4) is 0 Å². The average Bonchev–Trinajstić information content (AvgIpc) is 2.33. The van der Waals surface area contributed by atoms with E-state index in [9.17, 15) is 23.3 Å². The summed E-state index contributed by atoms with van der Waals surface area (Å²) in [5, 5.41) is 13.9. The van der Waals surface area contributed by atoms with Gasteiger partial charge in [0, 0.05) is 17.5 Å². The van der Waals surface area contributed by atoms with Crippen LogP contribution in [0.15, 0.2) is 29.4 Å². The minimum Gasteiger partial charge on any atom is -0.258 e. The monoisotopic (exact) mass is 272 g/mol. The van der Waals surface area contributed by atoms with E-state index in [1.54, 1.807) is 0 Å².